The van der Waals surface area contributed by atoms with Crippen molar-refractivity contribution in [3.05, 3.63) is 57.5 Å². The molecule has 1 N–H and O–H groups in total. The van der Waals surface area contributed by atoms with Gasteiger partial charge in [0, 0.05) is 39.2 Å². The first kappa shape index (κ1) is 22.5. The third-order valence-electron chi connectivity index (χ3n) is 5.21. The number of nitrogens with one attached hydrogen (secondary N) is 1. The first-order valence-corrected chi connectivity index (χ1v) is 11.3. The molecular formula is C22H30N4O3S. The lowest BCUT2D eigenvalue weighted by Crippen LogP contribution is -2.34. The van der Waals surface area contributed by atoms with E-state index in [-0.39, 0.29) is 23.8 Å². The number of nitrogens with zero attached hydrogens (tertiary/aromatic N) is 3. The molecule has 0 radical (unpaired) electrons. The molecule has 7 nitrogen and oxygen atoms in total. The van der Waals surface area contributed by atoms with Gasteiger partial charge in [0.2, 0.25) is 5.91 Å². The number of carbonyl (C=O) groups excluding carboxylic acids is 1. The quantitative estimate of drug-likeness (QED) is 0.458. The number of likely N-dealkylation sites (tertiary alicyclic amines) is 1. The van der Waals surface area contributed by atoms with Crippen LogP contribution in [0.25, 0.3) is 0 Å². The minimum atomic E-state index is -0.0992. The monoisotopic (exact) mass is 430 g/mol. The number of carbonyl (C=O) groups is 1. The third-order valence-corrected chi connectivity index (χ3v) is 6.24. The van der Waals surface area contributed by atoms with Crippen molar-refractivity contribution in [2.24, 2.45) is 7.05 Å². The van der Waals surface area contributed by atoms with E-state index in [0.717, 1.165) is 25.2 Å². The highest BCUT2D eigenvalue weighted by molar-refractivity contribution is 7.99. The van der Waals surface area contributed by atoms with Crippen molar-refractivity contribution in [3.63, 3.8) is 0 Å². The van der Waals surface area contributed by atoms with Crippen LogP contribution in [0.15, 0.2) is 40.3 Å². The van der Waals surface area contributed by atoms with Crippen molar-refractivity contribution < 1.29 is 9.53 Å². The normalized spacial score (nSPS) is 14.2. The largest absolute Gasteiger partial charge is 0.378 e. The number of benzene rings is 1. The molecule has 162 valence electrons. The van der Waals surface area contributed by atoms with Crippen LogP contribution in [0.1, 0.15) is 29.7 Å². The first-order chi connectivity index (χ1) is 14.6. The predicted octanol–water partition coefficient (Wildman–Crippen LogP) is 1.82. The van der Waals surface area contributed by atoms with E-state index in [1.54, 1.807) is 14.2 Å². The zero-order valence-electron chi connectivity index (χ0n) is 17.7. The van der Waals surface area contributed by atoms with Gasteiger partial charge in [-0.25, -0.2) is 4.98 Å². The summed E-state index contributed by atoms with van der Waals surface area (Å²) >= 11 is 1.28. The first-order valence-electron chi connectivity index (χ1n) is 10.3. The van der Waals surface area contributed by atoms with Crippen LogP contribution >= 0.6 is 11.8 Å². The van der Waals surface area contributed by atoms with Gasteiger partial charge < -0.3 is 15.0 Å². The second kappa shape index (κ2) is 11.3. The maximum atomic E-state index is 13.0. The summed E-state index contributed by atoms with van der Waals surface area (Å²) in [5, 5.41) is 3.48. The highest BCUT2D eigenvalue weighted by Gasteiger charge is 2.17. The summed E-state index contributed by atoms with van der Waals surface area (Å²) in [6, 6.07) is 9.84. The van der Waals surface area contributed by atoms with Gasteiger partial charge in [0.05, 0.1) is 18.1 Å². The molecule has 0 spiro atoms. The Balaban J connectivity index is 1.64. The molecule has 1 aliphatic rings. The van der Waals surface area contributed by atoms with Crippen LogP contribution in [0, 0.1) is 0 Å². The number of rotatable bonds is 10. The van der Waals surface area contributed by atoms with E-state index >= 15 is 0 Å². The fourth-order valence-corrected chi connectivity index (χ4v) is 4.39. The van der Waals surface area contributed by atoms with Crippen LogP contribution < -0.4 is 10.9 Å². The molecule has 0 bridgehead atoms. The van der Waals surface area contributed by atoms with Gasteiger partial charge >= 0.3 is 0 Å². The predicted molar refractivity (Wildman–Crippen MR) is 119 cm³/mol. The van der Waals surface area contributed by atoms with Gasteiger partial charge in [-0.05, 0) is 31.5 Å². The van der Waals surface area contributed by atoms with Crippen molar-refractivity contribution >= 4 is 17.7 Å². The van der Waals surface area contributed by atoms with Gasteiger partial charge in [-0.1, -0.05) is 42.1 Å². The van der Waals surface area contributed by atoms with Crippen molar-refractivity contribution in [3.8, 4) is 0 Å². The number of hydrogen-bond acceptors (Lipinski definition) is 6. The third kappa shape index (κ3) is 6.17. The second-order valence-corrected chi connectivity index (χ2v) is 8.41. The Hall–Kier alpha value is -2.16. The van der Waals surface area contributed by atoms with Crippen LogP contribution in [-0.2, 0) is 29.6 Å². The fourth-order valence-electron chi connectivity index (χ4n) is 3.57. The van der Waals surface area contributed by atoms with Crippen molar-refractivity contribution in [2.45, 2.75) is 31.0 Å². The Morgan fingerprint density at radius 2 is 1.97 bits per heavy atom. The van der Waals surface area contributed by atoms with Gasteiger partial charge in [-0.15, -0.1) is 0 Å². The van der Waals surface area contributed by atoms with Gasteiger partial charge in [-0.2, -0.15) is 0 Å². The maximum Gasteiger partial charge on any atom is 0.257 e. The van der Waals surface area contributed by atoms with E-state index in [1.807, 2.05) is 30.3 Å². The second-order valence-electron chi connectivity index (χ2n) is 7.47. The Morgan fingerprint density at radius 1 is 1.23 bits per heavy atom. The molecule has 3 rings (SSSR count). The molecule has 1 aromatic carbocycles. The van der Waals surface area contributed by atoms with E-state index in [1.165, 1.54) is 29.2 Å². The SMILES string of the molecule is COCc1nc(SCC(=O)NCCN2CCCC2)n(C)c(=O)c1Cc1ccccc1. The molecule has 0 atom stereocenters. The smallest absolute Gasteiger partial charge is 0.257 e. The lowest BCUT2D eigenvalue weighted by atomic mass is 10.0. The molecule has 1 saturated heterocycles. The molecule has 30 heavy (non-hydrogen) atoms. The number of aromatic nitrogens is 2. The Labute approximate surface area is 181 Å². The van der Waals surface area contributed by atoms with Crippen LogP contribution in [0.4, 0.5) is 0 Å². The van der Waals surface area contributed by atoms with Gasteiger partial charge in [0.15, 0.2) is 5.16 Å². The lowest BCUT2D eigenvalue weighted by Gasteiger charge is -2.15. The summed E-state index contributed by atoms with van der Waals surface area (Å²) < 4.78 is 6.81. The van der Waals surface area contributed by atoms with Crippen LogP contribution in [-0.4, -0.2) is 59.4 Å². The molecule has 8 heteroatoms. The number of hydrogen-bond donors (Lipinski definition) is 1. The molecule has 0 saturated carbocycles. The number of amides is 1. The van der Waals surface area contributed by atoms with Crippen LogP contribution in [0.2, 0.25) is 0 Å². The molecule has 2 aromatic rings. The summed E-state index contributed by atoms with van der Waals surface area (Å²) in [6.45, 7) is 4.03. The molecular weight excluding hydrogens is 400 g/mol. The van der Waals surface area contributed by atoms with Crippen LogP contribution in [0.5, 0.6) is 0 Å². The minimum absolute atomic E-state index is 0.0462. The molecule has 2 heterocycles. The summed E-state index contributed by atoms with van der Waals surface area (Å²) in [5.74, 6) is 0.181. The zero-order valence-corrected chi connectivity index (χ0v) is 18.5. The summed E-state index contributed by atoms with van der Waals surface area (Å²) in [4.78, 5) is 32.2. The molecule has 0 aliphatic carbocycles. The number of ether oxygens (including phenoxy) is 1. The van der Waals surface area contributed by atoms with Crippen molar-refractivity contribution in [1.82, 2.24) is 19.8 Å². The summed E-state index contributed by atoms with van der Waals surface area (Å²) in [7, 11) is 3.29. The Bertz CT molecular complexity index is 895. The minimum Gasteiger partial charge on any atom is -0.378 e. The topological polar surface area (TPSA) is 76.5 Å². The maximum absolute atomic E-state index is 13.0. The average Bonchev–Trinajstić information content (AvgIpc) is 3.27. The number of methoxy groups -OCH3 is 1. The van der Waals surface area contributed by atoms with E-state index in [4.69, 9.17) is 4.74 Å². The molecule has 1 amide bonds. The van der Waals surface area contributed by atoms with Crippen LogP contribution in [0.3, 0.4) is 0 Å². The molecule has 1 aromatic heterocycles. The average molecular weight is 431 g/mol. The van der Waals surface area contributed by atoms with Crippen molar-refractivity contribution in [2.75, 3.05) is 39.0 Å². The molecule has 0 unspecified atom stereocenters. The van der Waals surface area contributed by atoms with Gasteiger partial charge in [0.1, 0.15) is 0 Å². The lowest BCUT2D eigenvalue weighted by molar-refractivity contribution is -0.118. The fraction of sp³-hybridized carbons (Fsp3) is 0.500. The zero-order chi connectivity index (χ0) is 21.3. The Morgan fingerprint density at radius 3 is 2.67 bits per heavy atom. The summed E-state index contributed by atoms with van der Waals surface area (Å²) in [5.41, 5.74) is 2.20. The Kier molecular flexibility index (Phi) is 8.48. The van der Waals surface area contributed by atoms with Crippen molar-refractivity contribution in [1.29, 1.82) is 0 Å². The van der Waals surface area contributed by atoms with E-state index in [9.17, 15) is 9.59 Å². The van der Waals surface area contributed by atoms with E-state index in [0.29, 0.717) is 29.4 Å². The highest BCUT2D eigenvalue weighted by Crippen LogP contribution is 2.17. The molecule has 1 aliphatic heterocycles. The standard InChI is InChI=1S/C22H30N4O3S/c1-25-21(28)18(14-17-8-4-3-5-9-17)19(15-29-2)24-22(25)30-16-20(27)23-10-13-26-11-6-7-12-26/h3-5,8-9H,6-7,10-16H2,1-2H3,(H,23,27). The van der Waals surface area contributed by atoms with Gasteiger partial charge in [0.25, 0.3) is 5.56 Å². The van der Waals surface area contributed by atoms with E-state index < -0.39 is 0 Å². The number of thioether (sulfide) groups is 1. The van der Waals surface area contributed by atoms with E-state index in [2.05, 4.69) is 15.2 Å². The van der Waals surface area contributed by atoms with Gasteiger partial charge in [-0.3, -0.25) is 14.2 Å². The highest BCUT2D eigenvalue weighted by atomic mass is 32.2. The molecule has 1 fully saturated rings. The summed E-state index contributed by atoms with van der Waals surface area (Å²) in [6.07, 6.45) is 2.99.